The van der Waals surface area contributed by atoms with Gasteiger partial charge in [-0.1, -0.05) is 6.07 Å². The molecular weight excluding hydrogens is 336 g/mol. The number of hydrogen-bond acceptors (Lipinski definition) is 5. The molecule has 2 heterocycles. The number of hydrogen-bond donors (Lipinski definition) is 2. The van der Waals surface area contributed by atoms with Crippen molar-refractivity contribution in [2.24, 2.45) is 0 Å². The van der Waals surface area contributed by atoms with Gasteiger partial charge in [-0.05, 0) is 48.6 Å². The summed E-state index contributed by atoms with van der Waals surface area (Å²) < 4.78 is 0. The zero-order valence-corrected chi connectivity index (χ0v) is 14.6. The summed E-state index contributed by atoms with van der Waals surface area (Å²) in [4.78, 5) is 33.0. The zero-order chi connectivity index (χ0) is 17.8. The van der Waals surface area contributed by atoms with Crippen molar-refractivity contribution in [3.05, 3.63) is 69.9 Å². The Balaban J connectivity index is 1.75. The third-order valence-electron chi connectivity index (χ3n) is 3.68. The van der Waals surface area contributed by atoms with Crippen LogP contribution in [-0.4, -0.2) is 21.8 Å². The summed E-state index contributed by atoms with van der Waals surface area (Å²) in [6, 6.07) is 7.41. The Morgan fingerprint density at radius 2 is 1.84 bits per heavy atom. The Labute approximate surface area is 149 Å². The van der Waals surface area contributed by atoms with Crippen molar-refractivity contribution >= 4 is 34.5 Å². The van der Waals surface area contributed by atoms with Crippen molar-refractivity contribution in [2.45, 2.75) is 13.8 Å². The van der Waals surface area contributed by atoms with Crippen LogP contribution in [0.4, 0.5) is 11.4 Å². The van der Waals surface area contributed by atoms with Crippen molar-refractivity contribution in [3.63, 3.8) is 0 Å². The molecule has 0 saturated carbocycles. The predicted octanol–water partition coefficient (Wildman–Crippen LogP) is 3.66. The van der Waals surface area contributed by atoms with Crippen LogP contribution in [0, 0.1) is 13.8 Å². The van der Waals surface area contributed by atoms with E-state index < -0.39 is 5.91 Å². The first-order valence-corrected chi connectivity index (χ1v) is 8.46. The van der Waals surface area contributed by atoms with Gasteiger partial charge in [0.15, 0.2) is 0 Å². The Hall–Kier alpha value is -3.06. The fourth-order valence-corrected chi connectivity index (χ4v) is 2.94. The number of thiophene rings is 1. The smallest absolute Gasteiger partial charge is 0.275 e. The lowest BCUT2D eigenvalue weighted by Crippen LogP contribution is -2.17. The molecular formula is C18H16N4O2S. The monoisotopic (exact) mass is 352 g/mol. The second-order valence-corrected chi connectivity index (χ2v) is 6.38. The minimum absolute atomic E-state index is 0.189. The average molecular weight is 352 g/mol. The fraction of sp³-hybridized carbons (Fsp3) is 0.111. The summed E-state index contributed by atoms with van der Waals surface area (Å²) in [7, 11) is 0. The largest absolute Gasteiger partial charge is 0.321 e. The third-order valence-corrected chi connectivity index (χ3v) is 4.59. The first-order valence-electron chi connectivity index (χ1n) is 7.58. The summed E-state index contributed by atoms with van der Waals surface area (Å²) in [5, 5.41) is 7.31. The van der Waals surface area contributed by atoms with Gasteiger partial charge in [-0.25, -0.2) is 4.98 Å². The molecule has 6 nitrogen and oxygen atoms in total. The highest BCUT2D eigenvalue weighted by Crippen LogP contribution is 2.24. The molecule has 0 saturated heterocycles. The van der Waals surface area contributed by atoms with Gasteiger partial charge in [0.1, 0.15) is 10.6 Å². The molecule has 3 aromatic rings. The predicted molar refractivity (Wildman–Crippen MR) is 98.2 cm³/mol. The fourth-order valence-electron chi connectivity index (χ4n) is 2.19. The van der Waals surface area contributed by atoms with E-state index >= 15 is 0 Å². The number of nitrogens with zero attached hydrogens (tertiary/aromatic N) is 2. The van der Waals surface area contributed by atoms with Crippen LogP contribution in [0.15, 0.2) is 48.2 Å². The van der Waals surface area contributed by atoms with E-state index in [0.717, 1.165) is 11.1 Å². The Bertz CT molecular complexity index is 922. The number of carbonyl (C=O) groups is 2. The standard InChI is InChI=1S/C18H16N4O2S/c1-11-3-4-13(9-12(11)2)21-18(24)16-14(5-8-25-16)22-17(23)15-10-19-6-7-20-15/h3-10H,1-2H3,(H,21,24)(H,22,23). The van der Waals surface area contributed by atoms with Crippen molar-refractivity contribution in [2.75, 3.05) is 10.6 Å². The summed E-state index contributed by atoms with van der Waals surface area (Å²) in [5.74, 6) is -0.681. The molecule has 2 N–H and O–H groups in total. The van der Waals surface area contributed by atoms with Crippen molar-refractivity contribution in [1.82, 2.24) is 9.97 Å². The van der Waals surface area contributed by atoms with Gasteiger partial charge in [0.05, 0.1) is 11.9 Å². The second-order valence-electron chi connectivity index (χ2n) is 5.46. The SMILES string of the molecule is Cc1ccc(NC(=O)c2sccc2NC(=O)c2cnccn2)cc1C. The van der Waals surface area contributed by atoms with Crippen LogP contribution >= 0.6 is 11.3 Å². The van der Waals surface area contributed by atoms with Gasteiger partial charge in [0.2, 0.25) is 0 Å². The van der Waals surface area contributed by atoms with Gasteiger partial charge in [0.25, 0.3) is 11.8 Å². The van der Waals surface area contributed by atoms with Gasteiger partial charge >= 0.3 is 0 Å². The summed E-state index contributed by atoms with van der Waals surface area (Å²) >= 11 is 1.26. The number of anilines is 2. The third kappa shape index (κ3) is 3.89. The van der Waals surface area contributed by atoms with Gasteiger partial charge < -0.3 is 10.6 Å². The molecule has 0 aliphatic carbocycles. The molecule has 0 radical (unpaired) electrons. The highest BCUT2D eigenvalue weighted by atomic mass is 32.1. The number of rotatable bonds is 4. The maximum atomic E-state index is 12.5. The summed E-state index contributed by atoms with van der Waals surface area (Å²) in [6.45, 7) is 4.00. The Kier molecular flexibility index (Phi) is 4.85. The van der Waals surface area contributed by atoms with E-state index in [2.05, 4.69) is 20.6 Å². The highest BCUT2D eigenvalue weighted by molar-refractivity contribution is 7.12. The van der Waals surface area contributed by atoms with Gasteiger partial charge in [-0.15, -0.1) is 11.3 Å². The number of benzene rings is 1. The van der Waals surface area contributed by atoms with Crippen LogP contribution in [0.1, 0.15) is 31.3 Å². The van der Waals surface area contributed by atoms with Crippen LogP contribution in [0.3, 0.4) is 0 Å². The van der Waals surface area contributed by atoms with E-state index in [1.807, 2.05) is 32.0 Å². The molecule has 3 rings (SSSR count). The van der Waals surface area contributed by atoms with Gasteiger partial charge in [-0.3, -0.25) is 14.6 Å². The van der Waals surface area contributed by atoms with E-state index in [9.17, 15) is 9.59 Å². The molecule has 7 heteroatoms. The molecule has 0 bridgehead atoms. The molecule has 0 fully saturated rings. The van der Waals surface area contributed by atoms with Gasteiger partial charge in [0, 0.05) is 18.1 Å². The number of aromatic nitrogens is 2. The molecule has 25 heavy (non-hydrogen) atoms. The lowest BCUT2D eigenvalue weighted by atomic mass is 10.1. The molecule has 0 aliphatic rings. The number of carbonyl (C=O) groups excluding carboxylic acids is 2. The molecule has 1 aromatic carbocycles. The van der Waals surface area contributed by atoms with Gasteiger partial charge in [-0.2, -0.15) is 0 Å². The Morgan fingerprint density at radius 3 is 2.56 bits per heavy atom. The molecule has 2 aromatic heterocycles. The maximum Gasteiger partial charge on any atom is 0.275 e. The lowest BCUT2D eigenvalue weighted by Gasteiger charge is -2.09. The molecule has 126 valence electrons. The quantitative estimate of drug-likeness (QED) is 0.750. The molecule has 0 spiro atoms. The molecule has 0 unspecified atom stereocenters. The molecule has 0 atom stereocenters. The average Bonchev–Trinajstić information content (AvgIpc) is 3.07. The van der Waals surface area contributed by atoms with E-state index in [4.69, 9.17) is 0 Å². The molecule has 0 aliphatic heterocycles. The normalized spacial score (nSPS) is 10.3. The first-order chi connectivity index (χ1) is 12.0. The van der Waals surface area contributed by atoms with Crippen molar-refractivity contribution in [1.29, 1.82) is 0 Å². The van der Waals surface area contributed by atoms with E-state index in [0.29, 0.717) is 16.3 Å². The second kappa shape index (κ2) is 7.23. The van der Waals surface area contributed by atoms with Crippen molar-refractivity contribution in [3.8, 4) is 0 Å². The summed E-state index contributed by atoms with van der Waals surface area (Å²) in [5.41, 5.74) is 3.61. The lowest BCUT2D eigenvalue weighted by molar-refractivity contribution is 0.102. The number of nitrogens with one attached hydrogen (secondary N) is 2. The van der Waals surface area contributed by atoms with Crippen LogP contribution < -0.4 is 10.6 Å². The Morgan fingerprint density at radius 1 is 1.00 bits per heavy atom. The van der Waals surface area contributed by atoms with E-state index in [1.54, 1.807) is 11.4 Å². The topological polar surface area (TPSA) is 84.0 Å². The van der Waals surface area contributed by atoms with E-state index in [-0.39, 0.29) is 11.6 Å². The minimum atomic E-state index is -0.410. The van der Waals surface area contributed by atoms with Crippen LogP contribution in [0.5, 0.6) is 0 Å². The minimum Gasteiger partial charge on any atom is -0.321 e. The molecule has 2 amide bonds. The number of amides is 2. The maximum absolute atomic E-state index is 12.5. The van der Waals surface area contributed by atoms with Crippen molar-refractivity contribution < 1.29 is 9.59 Å². The van der Waals surface area contributed by atoms with Crippen LogP contribution in [-0.2, 0) is 0 Å². The zero-order valence-electron chi connectivity index (χ0n) is 13.7. The van der Waals surface area contributed by atoms with Crippen LogP contribution in [0.2, 0.25) is 0 Å². The first kappa shape index (κ1) is 16.8. The number of aryl methyl sites for hydroxylation is 2. The summed E-state index contributed by atoms with van der Waals surface area (Å²) in [6.07, 6.45) is 4.30. The van der Waals surface area contributed by atoms with E-state index in [1.165, 1.54) is 29.9 Å². The van der Waals surface area contributed by atoms with Crippen LogP contribution in [0.25, 0.3) is 0 Å². The highest BCUT2D eigenvalue weighted by Gasteiger charge is 2.17.